The molecule has 1 amide bonds. The summed E-state index contributed by atoms with van der Waals surface area (Å²) in [6.45, 7) is 3.62. The van der Waals surface area contributed by atoms with Crippen molar-refractivity contribution in [2.75, 3.05) is 19.5 Å². The maximum absolute atomic E-state index is 14.0. The molecule has 33 heavy (non-hydrogen) atoms. The van der Waals surface area contributed by atoms with Gasteiger partial charge < -0.3 is 15.0 Å². The van der Waals surface area contributed by atoms with E-state index in [1.54, 1.807) is 30.3 Å². The number of sulfone groups is 1. The van der Waals surface area contributed by atoms with Crippen LogP contribution in [0.15, 0.2) is 84.5 Å². The highest BCUT2D eigenvalue weighted by Gasteiger charge is 2.30. The summed E-state index contributed by atoms with van der Waals surface area (Å²) in [6.07, 6.45) is 4.18. The lowest BCUT2D eigenvalue weighted by atomic mass is 10.1. The second kappa shape index (κ2) is 10.3. The summed E-state index contributed by atoms with van der Waals surface area (Å²) in [4.78, 5) is 18.3. The van der Waals surface area contributed by atoms with Crippen molar-refractivity contribution in [3.05, 3.63) is 96.6 Å². The van der Waals surface area contributed by atoms with Gasteiger partial charge in [0, 0.05) is 25.2 Å². The molecule has 0 bridgehead atoms. The Bertz CT molecular complexity index is 1260. The molecule has 0 radical (unpaired) electrons. The Hall–Kier alpha value is -3.72. The smallest absolute Gasteiger partial charge is 0.255 e. The number of carbonyl (C=O) groups is 1. The van der Waals surface area contributed by atoms with E-state index in [0.29, 0.717) is 17.0 Å². The lowest BCUT2D eigenvalue weighted by Crippen LogP contribution is -2.32. The number of benzene rings is 2. The van der Waals surface area contributed by atoms with Crippen LogP contribution in [0.4, 0.5) is 10.1 Å². The predicted molar refractivity (Wildman–Crippen MR) is 124 cm³/mol. The summed E-state index contributed by atoms with van der Waals surface area (Å²) in [6, 6.07) is 13.6. The van der Waals surface area contributed by atoms with Crippen molar-refractivity contribution in [2.24, 2.45) is 0 Å². The first-order valence-electron chi connectivity index (χ1n) is 9.98. The number of rotatable bonds is 9. The summed E-state index contributed by atoms with van der Waals surface area (Å²) < 4.78 is 46.1. The lowest BCUT2D eigenvalue weighted by molar-refractivity contribution is 0.0780. The normalized spacial score (nSPS) is 12.0. The number of aromatic nitrogens is 1. The van der Waals surface area contributed by atoms with E-state index in [1.807, 2.05) is 0 Å². The molecule has 0 fully saturated rings. The van der Waals surface area contributed by atoms with Crippen molar-refractivity contribution in [2.45, 2.75) is 16.8 Å². The number of hydrogen-bond donors (Lipinski definition) is 1. The SMILES string of the molecule is C=CC(Nc1cncc(OC)c1)S(=O)(=O)c1ccccc1C(=O)N(C)Cc1ccccc1F. The van der Waals surface area contributed by atoms with Gasteiger partial charge in [-0.25, -0.2) is 12.8 Å². The first-order chi connectivity index (χ1) is 15.8. The van der Waals surface area contributed by atoms with Gasteiger partial charge in [-0.2, -0.15) is 0 Å². The second-order valence-electron chi connectivity index (χ2n) is 7.21. The maximum Gasteiger partial charge on any atom is 0.255 e. The number of methoxy groups -OCH3 is 1. The molecule has 0 saturated carbocycles. The van der Waals surface area contributed by atoms with Crippen molar-refractivity contribution in [1.29, 1.82) is 0 Å². The lowest BCUT2D eigenvalue weighted by Gasteiger charge is -2.22. The number of ether oxygens (including phenoxy) is 1. The van der Waals surface area contributed by atoms with Crippen LogP contribution in [0, 0.1) is 5.82 Å². The van der Waals surface area contributed by atoms with Crippen molar-refractivity contribution in [3.8, 4) is 5.75 Å². The first kappa shape index (κ1) is 23.9. The number of halogens is 1. The monoisotopic (exact) mass is 469 g/mol. The number of nitrogens with one attached hydrogen (secondary N) is 1. The molecule has 1 atom stereocenters. The standard InChI is InChI=1S/C24H24FN3O4S/c1-4-23(27-18-13-19(32-3)15-26-14-18)33(30,31)22-12-8-6-10-20(22)24(29)28(2)16-17-9-5-7-11-21(17)25/h4-15,23,27H,1,16H2,2-3H3. The van der Waals surface area contributed by atoms with Gasteiger partial charge in [0.15, 0.2) is 5.37 Å². The molecule has 0 aliphatic rings. The first-order valence-corrected chi connectivity index (χ1v) is 11.5. The van der Waals surface area contributed by atoms with Crippen LogP contribution in [-0.4, -0.2) is 43.7 Å². The van der Waals surface area contributed by atoms with E-state index < -0.39 is 26.9 Å². The molecule has 0 aliphatic carbocycles. The average Bonchev–Trinajstić information content (AvgIpc) is 2.83. The number of pyridine rings is 1. The molecule has 7 nitrogen and oxygen atoms in total. The maximum atomic E-state index is 14.0. The van der Waals surface area contributed by atoms with Gasteiger partial charge in [-0.05, 0) is 18.2 Å². The third-order valence-corrected chi connectivity index (χ3v) is 6.89. The Morgan fingerprint density at radius 1 is 1.21 bits per heavy atom. The molecule has 0 saturated heterocycles. The van der Waals surface area contributed by atoms with E-state index in [-0.39, 0.29) is 17.0 Å². The van der Waals surface area contributed by atoms with Crippen LogP contribution in [0.5, 0.6) is 5.75 Å². The fourth-order valence-corrected chi connectivity index (χ4v) is 4.77. The minimum atomic E-state index is -4.08. The van der Waals surface area contributed by atoms with E-state index in [1.165, 1.54) is 61.8 Å². The number of carbonyl (C=O) groups excluding carboxylic acids is 1. The van der Waals surface area contributed by atoms with Gasteiger partial charge >= 0.3 is 0 Å². The second-order valence-corrected chi connectivity index (χ2v) is 9.25. The third kappa shape index (κ3) is 5.38. The molecule has 0 aliphatic heterocycles. The molecular formula is C24H24FN3O4S. The minimum Gasteiger partial charge on any atom is -0.495 e. The average molecular weight is 470 g/mol. The zero-order chi connectivity index (χ0) is 24.0. The van der Waals surface area contributed by atoms with E-state index in [9.17, 15) is 17.6 Å². The van der Waals surface area contributed by atoms with E-state index in [4.69, 9.17) is 4.74 Å². The highest BCUT2D eigenvalue weighted by atomic mass is 32.2. The van der Waals surface area contributed by atoms with Crippen molar-refractivity contribution in [3.63, 3.8) is 0 Å². The van der Waals surface area contributed by atoms with Crippen LogP contribution in [0.1, 0.15) is 15.9 Å². The molecule has 1 heterocycles. The summed E-state index contributed by atoms with van der Waals surface area (Å²) >= 11 is 0. The summed E-state index contributed by atoms with van der Waals surface area (Å²) in [5.74, 6) is -0.547. The summed E-state index contributed by atoms with van der Waals surface area (Å²) in [7, 11) is -1.11. The molecule has 1 unspecified atom stereocenters. The molecule has 172 valence electrons. The molecule has 0 spiro atoms. The minimum absolute atomic E-state index is 0.0154. The van der Waals surface area contributed by atoms with E-state index in [0.717, 1.165) is 0 Å². The van der Waals surface area contributed by atoms with Gasteiger partial charge in [-0.15, -0.1) is 0 Å². The summed E-state index contributed by atoms with van der Waals surface area (Å²) in [5.41, 5.74) is 0.710. The van der Waals surface area contributed by atoms with E-state index >= 15 is 0 Å². The number of nitrogens with zero attached hydrogens (tertiary/aromatic N) is 2. The van der Waals surface area contributed by atoms with Crippen LogP contribution < -0.4 is 10.1 Å². The highest BCUT2D eigenvalue weighted by molar-refractivity contribution is 7.92. The number of amides is 1. The molecule has 2 aromatic carbocycles. The number of anilines is 1. The Labute approximate surface area is 192 Å². The Kier molecular flexibility index (Phi) is 7.44. The van der Waals surface area contributed by atoms with Crippen LogP contribution in [-0.2, 0) is 16.4 Å². The van der Waals surface area contributed by atoms with Crippen molar-refractivity contribution in [1.82, 2.24) is 9.88 Å². The topological polar surface area (TPSA) is 88.6 Å². The molecule has 3 rings (SSSR count). The van der Waals surface area contributed by atoms with Crippen molar-refractivity contribution >= 4 is 21.4 Å². The van der Waals surface area contributed by atoms with Gasteiger partial charge in [0.05, 0.1) is 35.6 Å². The molecule has 1 aromatic heterocycles. The largest absolute Gasteiger partial charge is 0.495 e. The third-order valence-electron chi connectivity index (χ3n) is 4.94. The fraction of sp³-hybridized carbons (Fsp3) is 0.167. The van der Waals surface area contributed by atoms with Crippen LogP contribution in [0.25, 0.3) is 0 Å². The van der Waals surface area contributed by atoms with Gasteiger partial charge in [-0.3, -0.25) is 9.78 Å². The zero-order valence-electron chi connectivity index (χ0n) is 18.2. The van der Waals surface area contributed by atoms with E-state index in [2.05, 4.69) is 16.9 Å². The van der Waals surface area contributed by atoms with Gasteiger partial charge in [0.1, 0.15) is 11.6 Å². The molecular weight excluding hydrogens is 445 g/mol. The molecule has 3 aromatic rings. The van der Waals surface area contributed by atoms with Crippen LogP contribution in [0.3, 0.4) is 0 Å². The Morgan fingerprint density at radius 2 is 1.91 bits per heavy atom. The van der Waals surface area contributed by atoms with Gasteiger partial charge in [0.25, 0.3) is 5.91 Å². The molecule has 9 heteroatoms. The van der Waals surface area contributed by atoms with Gasteiger partial charge in [-0.1, -0.05) is 43.0 Å². The van der Waals surface area contributed by atoms with Crippen LogP contribution >= 0.6 is 0 Å². The van der Waals surface area contributed by atoms with Crippen molar-refractivity contribution < 1.29 is 22.3 Å². The summed E-state index contributed by atoms with van der Waals surface area (Å²) in [5, 5.41) is 1.62. The fourth-order valence-electron chi connectivity index (χ4n) is 3.22. The zero-order valence-corrected chi connectivity index (χ0v) is 19.0. The highest BCUT2D eigenvalue weighted by Crippen LogP contribution is 2.25. The number of hydrogen-bond acceptors (Lipinski definition) is 6. The molecule has 1 N–H and O–H groups in total. The van der Waals surface area contributed by atoms with Gasteiger partial charge in [0.2, 0.25) is 9.84 Å². The Balaban J connectivity index is 1.91. The Morgan fingerprint density at radius 3 is 2.61 bits per heavy atom. The van der Waals surface area contributed by atoms with Crippen LogP contribution in [0.2, 0.25) is 0 Å². The quantitative estimate of drug-likeness (QED) is 0.478. The predicted octanol–water partition coefficient (Wildman–Crippen LogP) is 3.90.